The molecular weight excluding hydrogens is 148 g/mol. The summed E-state index contributed by atoms with van der Waals surface area (Å²) in [5, 5.41) is 8.43. The lowest BCUT2D eigenvalue weighted by atomic mass is 10.3. The number of rotatable bonds is 3. The van der Waals surface area contributed by atoms with Gasteiger partial charge in [-0.1, -0.05) is 0 Å². The first-order valence-corrected chi connectivity index (χ1v) is 3.56. The highest BCUT2D eigenvalue weighted by atomic mass is 16.5. The molecule has 0 spiro atoms. The van der Waals surface area contributed by atoms with Crippen molar-refractivity contribution in [1.82, 2.24) is 0 Å². The molecule has 1 N–H and O–H groups in total. The number of carboxylic acids is 1. The van der Waals surface area contributed by atoms with Crippen LogP contribution in [-0.4, -0.2) is 23.7 Å². The Hall–Kier alpha value is -1.06. The van der Waals surface area contributed by atoms with Crippen molar-refractivity contribution < 1.29 is 19.4 Å². The molecule has 0 aromatic rings. The molecule has 0 amide bonds. The van der Waals surface area contributed by atoms with Gasteiger partial charge >= 0.3 is 11.9 Å². The maximum absolute atomic E-state index is 10.8. The Morgan fingerprint density at radius 1 is 1.55 bits per heavy atom. The molecule has 1 rings (SSSR count). The van der Waals surface area contributed by atoms with Crippen LogP contribution in [0.2, 0.25) is 0 Å². The second-order valence-electron chi connectivity index (χ2n) is 2.54. The van der Waals surface area contributed by atoms with Crippen molar-refractivity contribution in [1.29, 1.82) is 0 Å². The number of hydrogen-bond acceptors (Lipinski definition) is 3. The van der Waals surface area contributed by atoms with E-state index in [0.29, 0.717) is 13.0 Å². The van der Waals surface area contributed by atoms with Crippen molar-refractivity contribution in [3.8, 4) is 0 Å². The average molecular weight is 158 g/mol. The number of carbonyl (C=O) groups excluding carboxylic acids is 1. The summed E-state index contributed by atoms with van der Waals surface area (Å²) in [5.74, 6) is -2.15. The van der Waals surface area contributed by atoms with E-state index >= 15 is 0 Å². The van der Waals surface area contributed by atoms with Crippen LogP contribution in [0.1, 0.15) is 13.3 Å². The van der Waals surface area contributed by atoms with Gasteiger partial charge in [-0.25, -0.2) is 0 Å². The lowest BCUT2D eigenvalue weighted by Crippen LogP contribution is -2.10. The third-order valence-electron chi connectivity index (χ3n) is 1.70. The van der Waals surface area contributed by atoms with Crippen LogP contribution in [0.4, 0.5) is 0 Å². The highest BCUT2D eigenvalue weighted by molar-refractivity contribution is 5.86. The van der Waals surface area contributed by atoms with E-state index in [0.717, 1.165) is 0 Å². The minimum Gasteiger partial charge on any atom is -0.481 e. The molecular formula is C7H10O4. The first-order valence-electron chi connectivity index (χ1n) is 3.56. The van der Waals surface area contributed by atoms with E-state index in [2.05, 4.69) is 4.74 Å². The van der Waals surface area contributed by atoms with E-state index < -0.39 is 11.9 Å². The van der Waals surface area contributed by atoms with Gasteiger partial charge in [0, 0.05) is 0 Å². The van der Waals surface area contributed by atoms with Crippen LogP contribution in [-0.2, 0) is 14.3 Å². The molecule has 62 valence electrons. The van der Waals surface area contributed by atoms with Crippen LogP contribution in [0.25, 0.3) is 0 Å². The van der Waals surface area contributed by atoms with Crippen LogP contribution in [0.5, 0.6) is 0 Å². The van der Waals surface area contributed by atoms with Gasteiger partial charge < -0.3 is 9.84 Å². The fourth-order valence-corrected chi connectivity index (χ4v) is 0.978. The van der Waals surface area contributed by atoms with E-state index in [9.17, 15) is 9.59 Å². The highest BCUT2D eigenvalue weighted by Gasteiger charge is 2.49. The van der Waals surface area contributed by atoms with Crippen molar-refractivity contribution in [2.75, 3.05) is 6.61 Å². The van der Waals surface area contributed by atoms with Crippen molar-refractivity contribution >= 4 is 11.9 Å². The second kappa shape index (κ2) is 2.90. The first kappa shape index (κ1) is 8.04. The Kier molecular flexibility index (Phi) is 2.12. The topological polar surface area (TPSA) is 63.6 Å². The molecule has 0 aromatic heterocycles. The fraction of sp³-hybridized carbons (Fsp3) is 0.714. The summed E-state index contributed by atoms with van der Waals surface area (Å²) in [6, 6.07) is 0. The van der Waals surface area contributed by atoms with Crippen molar-refractivity contribution in [2.45, 2.75) is 13.3 Å². The Morgan fingerprint density at radius 2 is 2.18 bits per heavy atom. The van der Waals surface area contributed by atoms with Gasteiger partial charge in [0.15, 0.2) is 0 Å². The lowest BCUT2D eigenvalue weighted by molar-refractivity contribution is -0.148. The van der Waals surface area contributed by atoms with Gasteiger partial charge in [0.05, 0.1) is 18.4 Å². The summed E-state index contributed by atoms with van der Waals surface area (Å²) in [6.07, 6.45) is 0.439. The Labute approximate surface area is 64.2 Å². The largest absolute Gasteiger partial charge is 0.481 e. The Balaban J connectivity index is 2.32. The summed E-state index contributed by atoms with van der Waals surface area (Å²) >= 11 is 0. The second-order valence-corrected chi connectivity index (χ2v) is 2.54. The predicted molar refractivity (Wildman–Crippen MR) is 35.9 cm³/mol. The lowest BCUT2D eigenvalue weighted by Gasteiger charge is -1.97. The molecule has 11 heavy (non-hydrogen) atoms. The van der Waals surface area contributed by atoms with Gasteiger partial charge in [-0.05, 0) is 13.3 Å². The minimum absolute atomic E-state index is 0.321. The summed E-state index contributed by atoms with van der Waals surface area (Å²) in [6.45, 7) is 2.03. The van der Waals surface area contributed by atoms with Crippen LogP contribution in [0.3, 0.4) is 0 Å². The van der Waals surface area contributed by atoms with E-state index in [-0.39, 0.29) is 11.9 Å². The maximum atomic E-state index is 10.8. The minimum atomic E-state index is -0.900. The normalized spacial score (nSPS) is 27.7. The van der Waals surface area contributed by atoms with E-state index in [1.165, 1.54) is 0 Å². The number of aliphatic carboxylic acids is 1. The molecule has 0 bridgehead atoms. The van der Waals surface area contributed by atoms with Crippen molar-refractivity contribution in [2.24, 2.45) is 11.8 Å². The van der Waals surface area contributed by atoms with Gasteiger partial charge in [-0.2, -0.15) is 0 Å². The molecule has 0 radical (unpaired) electrons. The number of carbonyl (C=O) groups is 2. The summed E-state index contributed by atoms with van der Waals surface area (Å²) in [7, 11) is 0. The third kappa shape index (κ3) is 1.69. The molecule has 4 heteroatoms. The smallest absolute Gasteiger partial charge is 0.309 e. The van der Waals surface area contributed by atoms with Gasteiger partial charge in [0.25, 0.3) is 0 Å². The standard InChI is InChI=1S/C7H10O4/c1-2-11-7(10)5-3-4(5)6(8)9/h4-5H,2-3H2,1H3,(H,8,9)/t4?,5-/m0/s1. The molecule has 0 heterocycles. The Bertz CT molecular complexity index is 187. The first-order chi connectivity index (χ1) is 5.16. The SMILES string of the molecule is CCOC(=O)[C@H]1CC1C(=O)O. The van der Waals surface area contributed by atoms with E-state index in [4.69, 9.17) is 5.11 Å². The predicted octanol–water partition coefficient (Wildman–Crippen LogP) is 0.270. The quantitative estimate of drug-likeness (QED) is 0.599. The summed E-state index contributed by atoms with van der Waals surface area (Å²) in [5.41, 5.74) is 0. The zero-order valence-electron chi connectivity index (χ0n) is 6.24. The van der Waals surface area contributed by atoms with Crippen molar-refractivity contribution in [3.63, 3.8) is 0 Å². The number of esters is 1. The van der Waals surface area contributed by atoms with Crippen LogP contribution in [0.15, 0.2) is 0 Å². The number of ether oxygens (including phenoxy) is 1. The molecule has 1 aliphatic rings. The molecule has 0 aliphatic heterocycles. The van der Waals surface area contributed by atoms with Crippen molar-refractivity contribution in [3.05, 3.63) is 0 Å². The van der Waals surface area contributed by atoms with Gasteiger partial charge in [-0.15, -0.1) is 0 Å². The molecule has 1 saturated carbocycles. The molecule has 2 atom stereocenters. The molecule has 0 saturated heterocycles. The summed E-state index contributed by atoms with van der Waals surface area (Å²) < 4.78 is 4.64. The fourth-order valence-electron chi connectivity index (χ4n) is 0.978. The monoisotopic (exact) mass is 158 g/mol. The van der Waals surface area contributed by atoms with E-state index in [1.54, 1.807) is 6.92 Å². The molecule has 0 aromatic carbocycles. The van der Waals surface area contributed by atoms with Gasteiger partial charge in [0.2, 0.25) is 0 Å². The highest BCUT2D eigenvalue weighted by Crippen LogP contribution is 2.39. The maximum Gasteiger partial charge on any atom is 0.309 e. The number of hydrogen-bond donors (Lipinski definition) is 1. The molecule has 4 nitrogen and oxygen atoms in total. The zero-order valence-corrected chi connectivity index (χ0v) is 6.24. The van der Waals surface area contributed by atoms with Gasteiger partial charge in [0.1, 0.15) is 0 Å². The van der Waals surface area contributed by atoms with Crippen LogP contribution < -0.4 is 0 Å². The van der Waals surface area contributed by atoms with E-state index in [1.807, 2.05) is 0 Å². The molecule has 1 aliphatic carbocycles. The van der Waals surface area contributed by atoms with Crippen LogP contribution >= 0.6 is 0 Å². The summed E-state index contributed by atoms with van der Waals surface area (Å²) in [4.78, 5) is 21.1. The van der Waals surface area contributed by atoms with Gasteiger partial charge in [-0.3, -0.25) is 9.59 Å². The zero-order chi connectivity index (χ0) is 8.43. The third-order valence-corrected chi connectivity index (χ3v) is 1.70. The molecule has 1 fully saturated rings. The Morgan fingerprint density at radius 3 is 2.55 bits per heavy atom. The van der Waals surface area contributed by atoms with Crippen LogP contribution in [0, 0.1) is 11.8 Å². The number of carboxylic acid groups (broad SMARTS) is 1. The molecule has 1 unspecified atom stereocenters. The average Bonchev–Trinajstić information content (AvgIpc) is 2.65.